The van der Waals surface area contributed by atoms with E-state index in [9.17, 15) is 5.11 Å². The summed E-state index contributed by atoms with van der Waals surface area (Å²) >= 11 is 0. The van der Waals surface area contributed by atoms with Gasteiger partial charge in [0, 0.05) is 11.9 Å². The number of nitrogens with one attached hydrogen (secondary N) is 1. The maximum Gasteiger partial charge on any atom is 0.137 e. The molecule has 0 amide bonds. The molecule has 0 saturated heterocycles. The van der Waals surface area contributed by atoms with E-state index in [-0.39, 0.29) is 6.10 Å². The fraction of sp³-hybridized carbons (Fsp3) is 0.333. The number of benzene rings is 1. The van der Waals surface area contributed by atoms with Crippen LogP contribution in [-0.2, 0) is 0 Å². The lowest BCUT2D eigenvalue weighted by atomic mass is 10.2. The van der Waals surface area contributed by atoms with Crippen LogP contribution in [0.3, 0.4) is 0 Å². The number of fused-ring (bicyclic) bond motifs is 1. The quantitative estimate of drug-likeness (QED) is 0.820. The fourth-order valence-electron chi connectivity index (χ4n) is 1.55. The Hall–Kier alpha value is -1.68. The van der Waals surface area contributed by atoms with E-state index in [1.54, 1.807) is 13.3 Å². The largest absolute Gasteiger partial charge is 0.393 e. The Kier molecular flexibility index (Phi) is 3.31. The smallest absolute Gasteiger partial charge is 0.137 e. The van der Waals surface area contributed by atoms with E-state index >= 15 is 0 Å². The summed E-state index contributed by atoms with van der Waals surface area (Å²) in [6.07, 6.45) is 1.96. The maximum absolute atomic E-state index is 9.17. The molecule has 1 unspecified atom stereocenters. The summed E-state index contributed by atoms with van der Waals surface area (Å²) in [6, 6.07) is 7.86. The number of rotatable bonds is 4. The highest BCUT2D eigenvalue weighted by Crippen LogP contribution is 2.17. The van der Waals surface area contributed by atoms with Crippen molar-refractivity contribution in [1.82, 2.24) is 9.97 Å². The lowest BCUT2D eigenvalue weighted by Gasteiger charge is -2.08. The molecule has 4 nitrogen and oxygen atoms in total. The van der Waals surface area contributed by atoms with Crippen LogP contribution in [0.5, 0.6) is 0 Å². The molecule has 1 atom stereocenters. The summed E-state index contributed by atoms with van der Waals surface area (Å²) < 4.78 is 0. The van der Waals surface area contributed by atoms with E-state index in [1.165, 1.54) is 0 Å². The zero-order chi connectivity index (χ0) is 11.4. The first-order valence-corrected chi connectivity index (χ1v) is 5.39. The van der Waals surface area contributed by atoms with Crippen molar-refractivity contribution in [3.8, 4) is 0 Å². The van der Waals surface area contributed by atoms with Gasteiger partial charge in [0.25, 0.3) is 0 Å². The van der Waals surface area contributed by atoms with Crippen LogP contribution < -0.4 is 5.32 Å². The molecule has 1 aromatic heterocycles. The number of hydrogen-bond donors (Lipinski definition) is 2. The third-order valence-electron chi connectivity index (χ3n) is 2.40. The molecular formula is C12H15N3O. The van der Waals surface area contributed by atoms with E-state index < -0.39 is 0 Å². The molecule has 0 bridgehead atoms. The van der Waals surface area contributed by atoms with Gasteiger partial charge in [-0.05, 0) is 25.5 Å². The number of aliphatic hydroxyl groups excluding tert-OH is 1. The second-order valence-electron chi connectivity index (χ2n) is 3.80. The van der Waals surface area contributed by atoms with Crippen LogP contribution in [0.4, 0.5) is 5.82 Å². The van der Waals surface area contributed by atoms with Crippen molar-refractivity contribution in [1.29, 1.82) is 0 Å². The van der Waals surface area contributed by atoms with Gasteiger partial charge in [0.15, 0.2) is 0 Å². The molecule has 1 aromatic carbocycles. The zero-order valence-electron chi connectivity index (χ0n) is 9.22. The van der Waals surface area contributed by atoms with Gasteiger partial charge < -0.3 is 10.4 Å². The van der Waals surface area contributed by atoms with Gasteiger partial charge in [-0.1, -0.05) is 12.1 Å². The normalized spacial score (nSPS) is 12.6. The van der Waals surface area contributed by atoms with Crippen molar-refractivity contribution < 1.29 is 5.11 Å². The first-order chi connectivity index (χ1) is 7.77. The predicted molar refractivity (Wildman–Crippen MR) is 64.3 cm³/mol. The monoisotopic (exact) mass is 217 g/mol. The van der Waals surface area contributed by atoms with Crippen molar-refractivity contribution in [2.75, 3.05) is 11.9 Å². The molecular weight excluding hydrogens is 202 g/mol. The molecule has 1 heterocycles. The van der Waals surface area contributed by atoms with Crippen LogP contribution in [0.2, 0.25) is 0 Å². The van der Waals surface area contributed by atoms with Crippen LogP contribution in [0.1, 0.15) is 13.3 Å². The predicted octanol–water partition coefficient (Wildman–Crippen LogP) is 1.81. The summed E-state index contributed by atoms with van der Waals surface area (Å²) in [5.41, 5.74) is 0.928. The van der Waals surface area contributed by atoms with Crippen molar-refractivity contribution in [2.24, 2.45) is 0 Å². The first kappa shape index (κ1) is 10.8. The second-order valence-corrected chi connectivity index (χ2v) is 3.80. The number of aliphatic hydroxyl groups is 1. The molecule has 0 saturated carbocycles. The van der Waals surface area contributed by atoms with E-state index in [4.69, 9.17) is 0 Å². The number of aromatic nitrogens is 2. The minimum atomic E-state index is -0.291. The molecule has 0 fully saturated rings. The number of anilines is 1. The summed E-state index contributed by atoms with van der Waals surface area (Å²) in [4.78, 5) is 8.38. The lowest BCUT2D eigenvalue weighted by molar-refractivity contribution is 0.188. The van der Waals surface area contributed by atoms with Gasteiger partial charge in [0.1, 0.15) is 12.1 Å². The molecule has 2 N–H and O–H groups in total. The molecule has 0 aliphatic carbocycles. The van der Waals surface area contributed by atoms with Crippen LogP contribution in [-0.4, -0.2) is 27.7 Å². The van der Waals surface area contributed by atoms with Crippen LogP contribution in [0.25, 0.3) is 10.9 Å². The van der Waals surface area contributed by atoms with Crippen LogP contribution >= 0.6 is 0 Å². The SMILES string of the molecule is CC(O)CCNc1ncnc2ccccc12. The van der Waals surface area contributed by atoms with Gasteiger partial charge in [-0.15, -0.1) is 0 Å². The Labute approximate surface area is 94.4 Å². The van der Waals surface area contributed by atoms with Gasteiger partial charge in [-0.3, -0.25) is 0 Å². The van der Waals surface area contributed by atoms with Crippen molar-refractivity contribution in [3.05, 3.63) is 30.6 Å². The van der Waals surface area contributed by atoms with Gasteiger partial charge >= 0.3 is 0 Å². The maximum atomic E-state index is 9.17. The van der Waals surface area contributed by atoms with Crippen molar-refractivity contribution in [3.63, 3.8) is 0 Å². The molecule has 2 aromatic rings. The standard InChI is InChI=1S/C12H15N3O/c1-9(16)6-7-13-12-10-4-2-3-5-11(10)14-8-15-12/h2-5,8-9,16H,6-7H2,1H3,(H,13,14,15). The van der Waals surface area contributed by atoms with Crippen molar-refractivity contribution >= 4 is 16.7 Å². The Morgan fingerprint density at radius 3 is 2.94 bits per heavy atom. The molecule has 0 aliphatic rings. The third-order valence-corrected chi connectivity index (χ3v) is 2.40. The highest BCUT2D eigenvalue weighted by atomic mass is 16.3. The summed E-state index contributed by atoms with van der Waals surface area (Å²) in [6.45, 7) is 2.48. The van der Waals surface area contributed by atoms with Crippen molar-refractivity contribution in [2.45, 2.75) is 19.4 Å². The molecule has 4 heteroatoms. The highest BCUT2D eigenvalue weighted by molar-refractivity contribution is 5.88. The summed E-state index contributed by atoms with van der Waals surface area (Å²) in [7, 11) is 0. The van der Waals surface area contributed by atoms with Gasteiger partial charge in [0.2, 0.25) is 0 Å². The third kappa shape index (κ3) is 2.46. The summed E-state index contributed by atoms with van der Waals surface area (Å²) in [5, 5.41) is 13.4. The zero-order valence-corrected chi connectivity index (χ0v) is 9.22. The van der Waals surface area contributed by atoms with Crippen LogP contribution in [0, 0.1) is 0 Å². The van der Waals surface area contributed by atoms with E-state index in [0.29, 0.717) is 13.0 Å². The Morgan fingerprint density at radius 1 is 1.31 bits per heavy atom. The lowest BCUT2D eigenvalue weighted by Crippen LogP contribution is -2.10. The first-order valence-electron chi connectivity index (χ1n) is 5.39. The topological polar surface area (TPSA) is 58.0 Å². The van der Waals surface area contributed by atoms with Gasteiger partial charge in [0.05, 0.1) is 11.6 Å². The summed E-state index contributed by atoms with van der Waals surface area (Å²) in [5.74, 6) is 0.825. The highest BCUT2D eigenvalue weighted by Gasteiger charge is 2.02. The van der Waals surface area contributed by atoms with E-state index in [2.05, 4.69) is 15.3 Å². The minimum Gasteiger partial charge on any atom is -0.393 e. The fourth-order valence-corrected chi connectivity index (χ4v) is 1.55. The van der Waals surface area contributed by atoms with Gasteiger partial charge in [-0.25, -0.2) is 9.97 Å². The molecule has 84 valence electrons. The average Bonchev–Trinajstić information content (AvgIpc) is 2.29. The van der Waals surface area contributed by atoms with Gasteiger partial charge in [-0.2, -0.15) is 0 Å². The number of hydrogen-bond acceptors (Lipinski definition) is 4. The minimum absolute atomic E-state index is 0.291. The molecule has 0 spiro atoms. The molecule has 0 aliphatic heterocycles. The molecule has 0 radical (unpaired) electrons. The van der Waals surface area contributed by atoms with Crippen LogP contribution in [0.15, 0.2) is 30.6 Å². The number of para-hydroxylation sites is 1. The Morgan fingerprint density at radius 2 is 2.12 bits per heavy atom. The second kappa shape index (κ2) is 4.90. The molecule has 2 rings (SSSR count). The number of nitrogens with zero attached hydrogens (tertiary/aromatic N) is 2. The molecule has 16 heavy (non-hydrogen) atoms. The Balaban J connectivity index is 2.17. The average molecular weight is 217 g/mol. The van der Waals surface area contributed by atoms with E-state index in [1.807, 2.05) is 24.3 Å². The Bertz CT molecular complexity index is 465. The van der Waals surface area contributed by atoms with E-state index in [0.717, 1.165) is 16.7 Å².